The average Bonchev–Trinajstić information content (AvgIpc) is 3.34. The quantitative estimate of drug-likeness (QED) is 0.662. The third kappa shape index (κ3) is 5.89. The van der Waals surface area contributed by atoms with Gasteiger partial charge in [0.1, 0.15) is 5.82 Å². The van der Waals surface area contributed by atoms with E-state index in [1.165, 1.54) is 18.6 Å². The first kappa shape index (κ1) is 19.5. The highest BCUT2D eigenvalue weighted by Crippen LogP contribution is 2.19. The highest BCUT2D eigenvalue weighted by atomic mass is 19.1. The second-order valence-corrected chi connectivity index (χ2v) is 7.41. The summed E-state index contributed by atoms with van der Waals surface area (Å²) < 4.78 is 13.0. The number of nitrogens with one attached hydrogen (secondary N) is 2. The minimum Gasteiger partial charge on any atom is -0.346 e. The molecule has 0 radical (unpaired) electrons. The first-order chi connectivity index (χ1) is 13.1. The lowest BCUT2D eigenvalue weighted by Gasteiger charge is -2.19. The Bertz CT molecular complexity index is 722. The number of amides is 1. The van der Waals surface area contributed by atoms with Crippen molar-refractivity contribution in [2.45, 2.75) is 51.0 Å². The number of carbonyl (C=O) groups is 1. The van der Waals surface area contributed by atoms with Crippen LogP contribution in [0.4, 0.5) is 4.39 Å². The summed E-state index contributed by atoms with van der Waals surface area (Å²) in [5.74, 6) is 0.00405. The Morgan fingerprint density at radius 2 is 2.07 bits per heavy atom. The van der Waals surface area contributed by atoms with Crippen LogP contribution in [0.25, 0.3) is 11.3 Å². The molecule has 6 heteroatoms. The molecule has 1 aromatic heterocycles. The normalized spacial score (nSPS) is 16.6. The molecule has 1 aliphatic rings. The van der Waals surface area contributed by atoms with Crippen LogP contribution in [-0.2, 0) is 11.2 Å². The van der Waals surface area contributed by atoms with Crippen LogP contribution in [0.5, 0.6) is 0 Å². The van der Waals surface area contributed by atoms with Crippen molar-refractivity contribution in [2.75, 3.05) is 20.1 Å². The number of hydrogen-bond acceptors (Lipinski definition) is 3. The van der Waals surface area contributed by atoms with Gasteiger partial charge in [0.15, 0.2) is 0 Å². The van der Waals surface area contributed by atoms with Gasteiger partial charge in [-0.25, -0.2) is 4.39 Å². The Morgan fingerprint density at radius 3 is 2.81 bits per heavy atom. The van der Waals surface area contributed by atoms with E-state index in [2.05, 4.69) is 15.5 Å². The van der Waals surface area contributed by atoms with Gasteiger partial charge in [-0.3, -0.25) is 9.89 Å². The number of aryl methyl sites for hydroxylation is 1. The van der Waals surface area contributed by atoms with Crippen LogP contribution in [0.1, 0.15) is 44.2 Å². The number of carbonyl (C=O) groups excluding carboxylic acids is 1. The smallest absolute Gasteiger partial charge is 0.223 e. The van der Waals surface area contributed by atoms with Crippen LogP contribution in [0.3, 0.4) is 0 Å². The number of H-pyrrole nitrogens is 1. The molecule has 1 aliphatic heterocycles. The summed E-state index contributed by atoms with van der Waals surface area (Å²) in [6.07, 6.45) is 6.98. The van der Waals surface area contributed by atoms with Crippen LogP contribution >= 0.6 is 0 Å². The standard InChI is InChI=1S/C21H29FN4O/c1-26(21(27)15-18-7-5-12-23-18)13-4-2-3-6-19-14-20(25-24-19)16-8-10-17(22)11-9-16/h8-11,14,18,23H,2-7,12-13,15H2,1H3,(H,24,25). The van der Waals surface area contributed by atoms with Crippen LogP contribution in [0, 0.1) is 5.82 Å². The Balaban J connectivity index is 1.33. The molecule has 2 heterocycles. The zero-order valence-electron chi connectivity index (χ0n) is 16.0. The molecule has 1 atom stereocenters. The summed E-state index contributed by atoms with van der Waals surface area (Å²) in [5, 5.41) is 10.7. The van der Waals surface area contributed by atoms with E-state index in [1.54, 1.807) is 12.1 Å². The molecular formula is C21H29FN4O. The molecule has 146 valence electrons. The van der Waals surface area contributed by atoms with E-state index in [0.29, 0.717) is 12.5 Å². The van der Waals surface area contributed by atoms with Crippen molar-refractivity contribution in [3.05, 3.63) is 41.8 Å². The number of aromatic amines is 1. The van der Waals surface area contributed by atoms with Crippen LogP contribution in [0.15, 0.2) is 30.3 Å². The summed E-state index contributed by atoms with van der Waals surface area (Å²) in [4.78, 5) is 14.1. The summed E-state index contributed by atoms with van der Waals surface area (Å²) in [6, 6.07) is 8.77. The Hall–Kier alpha value is -2.21. The number of hydrogen-bond donors (Lipinski definition) is 2. The van der Waals surface area contributed by atoms with Gasteiger partial charge < -0.3 is 10.2 Å². The number of nitrogens with zero attached hydrogens (tertiary/aromatic N) is 2. The van der Waals surface area contributed by atoms with E-state index in [1.807, 2.05) is 18.0 Å². The first-order valence-corrected chi connectivity index (χ1v) is 9.89. The zero-order valence-corrected chi connectivity index (χ0v) is 16.0. The second kappa shape index (κ2) is 9.65. The average molecular weight is 372 g/mol. The predicted octanol–water partition coefficient (Wildman–Crippen LogP) is 3.53. The first-order valence-electron chi connectivity index (χ1n) is 9.89. The van der Waals surface area contributed by atoms with Crippen molar-refractivity contribution in [2.24, 2.45) is 0 Å². The Morgan fingerprint density at radius 1 is 1.26 bits per heavy atom. The molecule has 1 amide bonds. The summed E-state index contributed by atoms with van der Waals surface area (Å²) >= 11 is 0. The van der Waals surface area contributed by atoms with Gasteiger partial charge in [-0.15, -0.1) is 0 Å². The molecule has 2 N–H and O–H groups in total. The van der Waals surface area contributed by atoms with Crippen molar-refractivity contribution in [3.63, 3.8) is 0 Å². The van der Waals surface area contributed by atoms with Gasteiger partial charge in [0.25, 0.3) is 0 Å². The van der Waals surface area contributed by atoms with E-state index >= 15 is 0 Å². The fourth-order valence-electron chi connectivity index (χ4n) is 3.52. The van der Waals surface area contributed by atoms with Gasteiger partial charge in [0, 0.05) is 37.3 Å². The fraction of sp³-hybridized carbons (Fsp3) is 0.524. The second-order valence-electron chi connectivity index (χ2n) is 7.41. The fourth-order valence-corrected chi connectivity index (χ4v) is 3.52. The SMILES string of the molecule is CN(CCCCCc1cc(-c2ccc(F)cc2)n[nH]1)C(=O)CC1CCCN1. The number of unbranched alkanes of at least 4 members (excludes halogenated alkanes) is 2. The summed E-state index contributed by atoms with van der Waals surface area (Å²) in [7, 11) is 1.90. The molecule has 1 saturated heterocycles. The Labute approximate surface area is 160 Å². The van der Waals surface area contributed by atoms with Crippen LogP contribution in [0.2, 0.25) is 0 Å². The minimum absolute atomic E-state index is 0.238. The predicted molar refractivity (Wildman–Crippen MR) is 105 cm³/mol. The molecule has 5 nitrogen and oxygen atoms in total. The lowest BCUT2D eigenvalue weighted by atomic mass is 10.1. The third-order valence-electron chi connectivity index (χ3n) is 5.22. The minimum atomic E-state index is -0.238. The van der Waals surface area contributed by atoms with Crippen molar-refractivity contribution >= 4 is 5.91 Å². The molecule has 0 aliphatic carbocycles. The number of benzene rings is 1. The van der Waals surface area contributed by atoms with Gasteiger partial charge in [-0.05, 0) is 69.0 Å². The monoisotopic (exact) mass is 372 g/mol. The van der Waals surface area contributed by atoms with E-state index in [4.69, 9.17) is 0 Å². The van der Waals surface area contributed by atoms with Gasteiger partial charge in [-0.1, -0.05) is 6.42 Å². The van der Waals surface area contributed by atoms with Crippen molar-refractivity contribution < 1.29 is 9.18 Å². The molecule has 27 heavy (non-hydrogen) atoms. The maximum absolute atomic E-state index is 13.0. The van der Waals surface area contributed by atoms with Crippen molar-refractivity contribution in [3.8, 4) is 11.3 Å². The highest BCUT2D eigenvalue weighted by molar-refractivity contribution is 5.76. The topological polar surface area (TPSA) is 61.0 Å². The van der Waals surface area contributed by atoms with Gasteiger partial charge in [0.05, 0.1) is 5.69 Å². The molecule has 3 rings (SSSR count). The lowest BCUT2D eigenvalue weighted by Crippen LogP contribution is -2.33. The van der Waals surface area contributed by atoms with Crippen LogP contribution < -0.4 is 5.32 Å². The molecular weight excluding hydrogens is 343 g/mol. The maximum Gasteiger partial charge on any atom is 0.223 e. The van der Waals surface area contributed by atoms with Crippen molar-refractivity contribution in [1.29, 1.82) is 0 Å². The number of rotatable bonds is 9. The molecule has 1 unspecified atom stereocenters. The maximum atomic E-state index is 13.0. The summed E-state index contributed by atoms with van der Waals surface area (Å²) in [6.45, 7) is 1.85. The molecule has 2 aromatic rings. The molecule has 1 aromatic carbocycles. The third-order valence-corrected chi connectivity index (χ3v) is 5.22. The van der Waals surface area contributed by atoms with E-state index < -0.39 is 0 Å². The number of halogens is 1. The lowest BCUT2D eigenvalue weighted by molar-refractivity contribution is -0.130. The van der Waals surface area contributed by atoms with E-state index in [0.717, 1.165) is 62.1 Å². The van der Waals surface area contributed by atoms with Crippen LogP contribution in [-0.4, -0.2) is 47.2 Å². The summed E-state index contributed by atoms with van der Waals surface area (Å²) in [5.41, 5.74) is 2.85. The molecule has 0 bridgehead atoms. The Kier molecular flexibility index (Phi) is 6.98. The van der Waals surface area contributed by atoms with E-state index in [9.17, 15) is 9.18 Å². The largest absolute Gasteiger partial charge is 0.346 e. The van der Waals surface area contributed by atoms with Gasteiger partial charge in [0.2, 0.25) is 5.91 Å². The zero-order chi connectivity index (χ0) is 19.1. The molecule has 0 spiro atoms. The van der Waals surface area contributed by atoms with E-state index in [-0.39, 0.29) is 11.7 Å². The molecule has 1 fully saturated rings. The molecule has 0 saturated carbocycles. The van der Waals surface area contributed by atoms with Gasteiger partial charge >= 0.3 is 0 Å². The number of aromatic nitrogens is 2. The van der Waals surface area contributed by atoms with Gasteiger partial charge in [-0.2, -0.15) is 5.10 Å². The highest BCUT2D eigenvalue weighted by Gasteiger charge is 2.19. The van der Waals surface area contributed by atoms with Crippen molar-refractivity contribution in [1.82, 2.24) is 20.4 Å².